The lowest BCUT2D eigenvalue weighted by Gasteiger charge is -1.97. The van der Waals surface area contributed by atoms with Crippen molar-refractivity contribution >= 4 is 31.5 Å². The molecule has 1 aromatic heterocycles. The van der Waals surface area contributed by atoms with E-state index in [0.29, 0.717) is 0 Å². The van der Waals surface area contributed by atoms with Crippen molar-refractivity contribution in [3.8, 4) is 12.3 Å². The normalized spacial score (nSPS) is 10.7. The summed E-state index contributed by atoms with van der Waals surface area (Å²) in [5.74, 6) is 0.637. The molecule has 0 saturated heterocycles. The van der Waals surface area contributed by atoms with Crippen molar-refractivity contribution in [2.45, 2.75) is 11.4 Å². The molecule has 11 heteroatoms. The first kappa shape index (κ1) is 14.9. The van der Waals surface area contributed by atoms with Gasteiger partial charge in [0.2, 0.25) is 10.8 Å². The second-order valence-corrected chi connectivity index (χ2v) is 5.72. The molecule has 0 unspecified atom stereocenters. The second-order valence-electron chi connectivity index (χ2n) is 3.19. The topological polar surface area (TPSA) is 124 Å². The number of amides is 1. The molecule has 1 heterocycles. The lowest BCUT2D eigenvalue weighted by atomic mass is 10.5. The van der Waals surface area contributed by atoms with Crippen LogP contribution in [0.15, 0.2) is 11.1 Å². The SMILES string of the molecule is C#CCNC(=O)Cn1cc(S(=O)(=O)Cl)c([N+](=O)[O-])n1. The Kier molecular flexibility index (Phi) is 4.47. The van der Waals surface area contributed by atoms with Gasteiger partial charge in [-0.1, -0.05) is 5.92 Å². The average molecular weight is 307 g/mol. The van der Waals surface area contributed by atoms with Gasteiger partial charge in [0, 0.05) is 10.7 Å². The van der Waals surface area contributed by atoms with E-state index in [1.54, 1.807) is 0 Å². The molecule has 0 saturated carbocycles. The Bertz CT molecular complexity index is 659. The molecule has 0 bridgehead atoms. The fourth-order valence-electron chi connectivity index (χ4n) is 1.13. The molecule has 0 fully saturated rings. The molecular weight excluding hydrogens is 300 g/mol. The Morgan fingerprint density at radius 1 is 1.68 bits per heavy atom. The molecule has 1 aromatic rings. The molecule has 0 aliphatic carbocycles. The van der Waals surface area contributed by atoms with Crippen LogP contribution in [-0.2, 0) is 20.4 Å². The molecule has 0 aromatic carbocycles. The fraction of sp³-hybridized carbons (Fsp3) is 0.250. The molecule has 1 amide bonds. The van der Waals surface area contributed by atoms with Gasteiger partial charge in [0.1, 0.15) is 6.54 Å². The zero-order chi connectivity index (χ0) is 14.6. The minimum Gasteiger partial charge on any atom is -0.358 e. The average Bonchev–Trinajstić information content (AvgIpc) is 2.70. The van der Waals surface area contributed by atoms with Crippen molar-refractivity contribution in [1.82, 2.24) is 15.1 Å². The maximum Gasteiger partial charge on any atom is 0.410 e. The highest BCUT2D eigenvalue weighted by atomic mass is 35.7. The van der Waals surface area contributed by atoms with E-state index in [1.165, 1.54) is 0 Å². The number of nitrogens with zero attached hydrogens (tertiary/aromatic N) is 3. The lowest BCUT2D eigenvalue weighted by Crippen LogP contribution is -2.27. The van der Waals surface area contributed by atoms with Crippen molar-refractivity contribution in [2.24, 2.45) is 0 Å². The van der Waals surface area contributed by atoms with Crippen LogP contribution in [0.3, 0.4) is 0 Å². The number of aromatic nitrogens is 2. The number of hydrogen-bond donors (Lipinski definition) is 1. The van der Waals surface area contributed by atoms with Crippen molar-refractivity contribution in [2.75, 3.05) is 6.54 Å². The summed E-state index contributed by atoms with van der Waals surface area (Å²) < 4.78 is 23.0. The van der Waals surface area contributed by atoms with Gasteiger partial charge in [0.05, 0.1) is 17.8 Å². The third kappa shape index (κ3) is 3.94. The molecule has 1 N–H and O–H groups in total. The van der Waals surface area contributed by atoms with Crippen LogP contribution in [0, 0.1) is 22.5 Å². The van der Waals surface area contributed by atoms with E-state index < -0.39 is 37.1 Å². The maximum absolute atomic E-state index is 11.3. The van der Waals surface area contributed by atoms with E-state index in [-0.39, 0.29) is 6.54 Å². The molecule has 0 aliphatic heterocycles. The van der Waals surface area contributed by atoms with Gasteiger partial charge < -0.3 is 15.4 Å². The van der Waals surface area contributed by atoms with E-state index in [9.17, 15) is 23.3 Å². The molecule has 1 rings (SSSR count). The Morgan fingerprint density at radius 2 is 2.32 bits per heavy atom. The monoisotopic (exact) mass is 306 g/mol. The van der Waals surface area contributed by atoms with Crippen molar-refractivity contribution in [3.05, 3.63) is 16.3 Å². The van der Waals surface area contributed by atoms with Crippen molar-refractivity contribution < 1.29 is 18.1 Å². The third-order valence-electron chi connectivity index (χ3n) is 1.84. The minimum absolute atomic E-state index is 0.0249. The number of halogens is 1. The smallest absolute Gasteiger partial charge is 0.358 e. The van der Waals surface area contributed by atoms with Crippen molar-refractivity contribution in [3.63, 3.8) is 0 Å². The highest BCUT2D eigenvalue weighted by Gasteiger charge is 2.30. The van der Waals surface area contributed by atoms with Gasteiger partial charge in [-0.15, -0.1) is 6.42 Å². The molecule has 0 spiro atoms. The first-order valence-corrected chi connectivity index (χ1v) is 6.93. The van der Waals surface area contributed by atoms with Gasteiger partial charge in [-0.2, -0.15) is 4.68 Å². The molecule has 9 nitrogen and oxygen atoms in total. The maximum atomic E-state index is 11.3. The summed E-state index contributed by atoms with van der Waals surface area (Å²) in [6.45, 7) is -0.447. The summed E-state index contributed by atoms with van der Waals surface area (Å²) >= 11 is 0. The first-order chi connectivity index (χ1) is 8.75. The lowest BCUT2D eigenvalue weighted by molar-refractivity contribution is -0.392. The van der Waals surface area contributed by atoms with Gasteiger partial charge in [-0.3, -0.25) is 4.79 Å². The summed E-state index contributed by atoms with van der Waals surface area (Å²) in [5.41, 5.74) is 0. The highest BCUT2D eigenvalue weighted by molar-refractivity contribution is 8.13. The Morgan fingerprint density at radius 3 is 2.74 bits per heavy atom. The molecule has 19 heavy (non-hydrogen) atoms. The summed E-state index contributed by atoms with van der Waals surface area (Å²) in [7, 11) is 0.701. The summed E-state index contributed by atoms with van der Waals surface area (Å²) in [4.78, 5) is 20.1. The van der Waals surface area contributed by atoms with Crippen LogP contribution in [0.4, 0.5) is 5.82 Å². The molecular formula is C8H7ClN4O5S. The number of nitro groups is 1. The van der Waals surface area contributed by atoms with E-state index in [1.807, 2.05) is 0 Å². The van der Waals surface area contributed by atoms with E-state index in [2.05, 4.69) is 16.3 Å². The fourth-order valence-corrected chi connectivity index (χ4v) is 2.03. The summed E-state index contributed by atoms with van der Waals surface area (Å²) in [6, 6.07) is 0. The van der Waals surface area contributed by atoms with Crippen LogP contribution in [0.5, 0.6) is 0 Å². The number of rotatable bonds is 5. The predicted molar refractivity (Wildman–Crippen MR) is 63.8 cm³/mol. The van der Waals surface area contributed by atoms with E-state index in [0.717, 1.165) is 10.9 Å². The number of nitrogens with one attached hydrogen (secondary N) is 1. The van der Waals surface area contributed by atoms with Crippen LogP contribution < -0.4 is 5.32 Å². The quantitative estimate of drug-likeness (QED) is 0.337. The van der Waals surface area contributed by atoms with Crippen LogP contribution in [0.25, 0.3) is 0 Å². The van der Waals surface area contributed by atoms with Gasteiger partial charge >= 0.3 is 5.82 Å². The van der Waals surface area contributed by atoms with Gasteiger partial charge in [-0.05, 0) is 4.92 Å². The molecule has 102 valence electrons. The van der Waals surface area contributed by atoms with E-state index in [4.69, 9.17) is 17.1 Å². The molecule has 0 radical (unpaired) electrons. The second kappa shape index (κ2) is 5.68. The predicted octanol–water partition coefficient (Wildman–Crippen LogP) is -0.532. The molecule has 0 aliphatic rings. The Labute approximate surface area is 112 Å². The highest BCUT2D eigenvalue weighted by Crippen LogP contribution is 2.24. The van der Waals surface area contributed by atoms with Crippen LogP contribution in [-0.4, -0.2) is 35.6 Å². The third-order valence-corrected chi connectivity index (χ3v) is 3.15. The minimum atomic E-state index is -4.33. The van der Waals surface area contributed by atoms with Crippen molar-refractivity contribution in [1.29, 1.82) is 0 Å². The Balaban J connectivity index is 3.03. The zero-order valence-corrected chi connectivity index (χ0v) is 10.8. The standard InChI is InChI=1S/C8H7ClN4O5S/c1-2-3-10-7(14)5-12-4-6(19(9,17)18)8(11-12)13(15)16/h1,4H,3,5H2,(H,10,14). The van der Waals surface area contributed by atoms with Gasteiger partial charge in [-0.25, -0.2) is 8.42 Å². The van der Waals surface area contributed by atoms with Crippen LogP contribution >= 0.6 is 10.7 Å². The Hall–Kier alpha value is -2.12. The number of carbonyl (C=O) groups excluding carboxylic acids is 1. The zero-order valence-electron chi connectivity index (χ0n) is 9.24. The first-order valence-electron chi connectivity index (χ1n) is 4.62. The van der Waals surface area contributed by atoms with Gasteiger partial charge in [0.25, 0.3) is 9.05 Å². The largest absolute Gasteiger partial charge is 0.410 e. The number of hydrogen-bond acceptors (Lipinski definition) is 6. The van der Waals surface area contributed by atoms with Crippen LogP contribution in [0.1, 0.15) is 0 Å². The number of carbonyl (C=O) groups is 1. The molecule has 0 atom stereocenters. The number of terminal acetylenes is 1. The van der Waals surface area contributed by atoms with Crippen LogP contribution in [0.2, 0.25) is 0 Å². The summed E-state index contributed by atoms with van der Waals surface area (Å²) in [5, 5.41) is 16.3. The van der Waals surface area contributed by atoms with Gasteiger partial charge in [0.15, 0.2) is 0 Å². The summed E-state index contributed by atoms with van der Waals surface area (Å²) in [6.07, 6.45) is 5.72. The van der Waals surface area contributed by atoms with E-state index >= 15 is 0 Å².